The molecule has 0 bridgehead atoms. The molecule has 2 atom stereocenters. The molecule has 0 aliphatic heterocycles. The maximum atomic E-state index is 13.8. The molecule has 164 valence electrons. The van der Waals surface area contributed by atoms with Crippen molar-refractivity contribution in [2.75, 3.05) is 20.3 Å². The monoisotopic (exact) mass is 421 g/mol. The first-order valence-electron chi connectivity index (χ1n) is 10.8. The number of carbonyl (C=O) groups excluding carboxylic acids is 1. The highest BCUT2D eigenvalue weighted by molar-refractivity contribution is 5.84. The Morgan fingerprint density at radius 3 is 2.39 bits per heavy atom. The molecule has 0 N–H and O–H groups in total. The SMILES string of the molecule is CCC(C(=O)N(CCOC)C(CC)c1nc2ccccc2c(=O)n1C)c1ccccc1. The first-order valence-corrected chi connectivity index (χ1v) is 10.8. The lowest BCUT2D eigenvalue weighted by molar-refractivity contribution is -0.136. The van der Waals surface area contributed by atoms with Crippen molar-refractivity contribution < 1.29 is 9.53 Å². The van der Waals surface area contributed by atoms with Gasteiger partial charge in [0.1, 0.15) is 5.82 Å². The first kappa shape index (κ1) is 22.7. The van der Waals surface area contributed by atoms with Gasteiger partial charge in [-0.25, -0.2) is 4.98 Å². The summed E-state index contributed by atoms with van der Waals surface area (Å²) in [7, 11) is 3.36. The minimum absolute atomic E-state index is 0.0278. The fourth-order valence-electron chi connectivity index (χ4n) is 4.12. The second-order valence-corrected chi connectivity index (χ2v) is 7.67. The van der Waals surface area contributed by atoms with Crippen LogP contribution in [-0.4, -0.2) is 40.6 Å². The summed E-state index contributed by atoms with van der Waals surface area (Å²) in [5, 5.41) is 0.578. The van der Waals surface area contributed by atoms with Crippen LogP contribution >= 0.6 is 0 Å². The third kappa shape index (κ3) is 4.69. The third-order valence-electron chi connectivity index (χ3n) is 5.81. The van der Waals surface area contributed by atoms with Gasteiger partial charge < -0.3 is 9.64 Å². The zero-order valence-corrected chi connectivity index (χ0v) is 18.7. The lowest BCUT2D eigenvalue weighted by Gasteiger charge is -2.34. The lowest BCUT2D eigenvalue weighted by atomic mass is 9.94. The van der Waals surface area contributed by atoms with Crippen LogP contribution in [0.25, 0.3) is 10.9 Å². The number of rotatable bonds is 9. The van der Waals surface area contributed by atoms with E-state index in [1.54, 1.807) is 24.8 Å². The van der Waals surface area contributed by atoms with Crippen molar-refractivity contribution in [3.63, 3.8) is 0 Å². The smallest absolute Gasteiger partial charge is 0.261 e. The summed E-state index contributed by atoms with van der Waals surface area (Å²) in [6, 6.07) is 16.8. The van der Waals surface area contributed by atoms with E-state index in [0.717, 1.165) is 5.56 Å². The number of nitrogens with zero attached hydrogens (tertiary/aromatic N) is 3. The summed E-state index contributed by atoms with van der Waals surface area (Å²) in [5.41, 5.74) is 1.54. The minimum atomic E-state index is -0.331. The number of ether oxygens (including phenoxy) is 1. The molecule has 3 aromatic rings. The quantitative estimate of drug-likeness (QED) is 0.523. The van der Waals surface area contributed by atoms with Crippen molar-refractivity contribution in [2.45, 2.75) is 38.6 Å². The molecule has 1 aromatic heterocycles. The zero-order valence-electron chi connectivity index (χ0n) is 18.7. The van der Waals surface area contributed by atoms with Gasteiger partial charge in [0, 0.05) is 20.7 Å². The molecule has 0 spiro atoms. The van der Waals surface area contributed by atoms with Crippen molar-refractivity contribution in [1.29, 1.82) is 0 Å². The van der Waals surface area contributed by atoms with Gasteiger partial charge in [0.2, 0.25) is 5.91 Å². The van der Waals surface area contributed by atoms with Crippen LogP contribution in [-0.2, 0) is 16.6 Å². The number of amides is 1. The highest BCUT2D eigenvalue weighted by Crippen LogP contribution is 2.29. The van der Waals surface area contributed by atoms with Gasteiger partial charge in [0.05, 0.1) is 29.5 Å². The molecular formula is C25H31N3O3. The van der Waals surface area contributed by atoms with Gasteiger partial charge in [0.15, 0.2) is 0 Å². The van der Waals surface area contributed by atoms with Crippen molar-refractivity contribution in [1.82, 2.24) is 14.5 Å². The molecule has 2 aromatic carbocycles. The second-order valence-electron chi connectivity index (χ2n) is 7.67. The largest absolute Gasteiger partial charge is 0.383 e. The molecule has 0 aliphatic rings. The predicted molar refractivity (Wildman–Crippen MR) is 123 cm³/mol. The second kappa shape index (κ2) is 10.4. The fourth-order valence-corrected chi connectivity index (χ4v) is 4.12. The summed E-state index contributed by atoms with van der Waals surface area (Å²) < 4.78 is 6.89. The Bertz CT molecular complexity index is 1080. The lowest BCUT2D eigenvalue weighted by Crippen LogP contribution is -2.42. The van der Waals surface area contributed by atoms with Crippen LogP contribution in [0.5, 0.6) is 0 Å². The molecular weight excluding hydrogens is 390 g/mol. The molecule has 3 rings (SSSR count). The summed E-state index contributed by atoms with van der Waals surface area (Å²) in [4.78, 5) is 33.4. The van der Waals surface area contributed by atoms with E-state index < -0.39 is 0 Å². The van der Waals surface area contributed by atoms with Crippen molar-refractivity contribution in [2.24, 2.45) is 7.05 Å². The number of benzene rings is 2. The van der Waals surface area contributed by atoms with Gasteiger partial charge in [-0.05, 0) is 30.5 Å². The molecule has 31 heavy (non-hydrogen) atoms. The van der Waals surface area contributed by atoms with Crippen molar-refractivity contribution >= 4 is 16.8 Å². The van der Waals surface area contributed by atoms with Crippen molar-refractivity contribution in [3.8, 4) is 0 Å². The third-order valence-corrected chi connectivity index (χ3v) is 5.81. The van der Waals surface area contributed by atoms with Crippen LogP contribution in [0.3, 0.4) is 0 Å². The minimum Gasteiger partial charge on any atom is -0.383 e. The topological polar surface area (TPSA) is 64.4 Å². The Morgan fingerprint density at radius 2 is 1.74 bits per heavy atom. The Kier molecular flexibility index (Phi) is 7.58. The van der Waals surface area contributed by atoms with Gasteiger partial charge >= 0.3 is 0 Å². The van der Waals surface area contributed by atoms with Crippen LogP contribution in [0.4, 0.5) is 0 Å². The van der Waals surface area contributed by atoms with Crippen molar-refractivity contribution in [3.05, 3.63) is 76.3 Å². The van der Waals surface area contributed by atoms with Gasteiger partial charge in [-0.1, -0.05) is 56.3 Å². The Morgan fingerprint density at radius 1 is 1.06 bits per heavy atom. The summed E-state index contributed by atoms with van der Waals surface area (Å²) >= 11 is 0. The van der Waals surface area contributed by atoms with Crippen LogP contribution in [0.15, 0.2) is 59.4 Å². The number of hydrogen-bond donors (Lipinski definition) is 0. The summed E-state index contributed by atoms with van der Waals surface area (Å²) in [6.07, 6.45) is 1.33. The number of fused-ring (bicyclic) bond motifs is 1. The predicted octanol–water partition coefficient (Wildman–Crippen LogP) is 4.05. The van der Waals surface area contributed by atoms with Gasteiger partial charge in [-0.3, -0.25) is 14.2 Å². The van der Waals surface area contributed by atoms with Crippen LogP contribution in [0.1, 0.15) is 50.0 Å². The number of carbonyl (C=O) groups is 1. The van der Waals surface area contributed by atoms with E-state index in [0.29, 0.717) is 42.7 Å². The molecule has 1 amide bonds. The maximum Gasteiger partial charge on any atom is 0.261 e. The fraction of sp³-hybridized carbons (Fsp3) is 0.400. The molecule has 6 heteroatoms. The highest BCUT2D eigenvalue weighted by Gasteiger charge is 2.32. The molecule has 0 saturated carbocycles. The Balaban J connectivity index is 2.08. The van der Waals surface area contributed by atoms with E-state index in [2.05, 4.69) is 0 Å². The standard InChI is InChI=1S/C25H31N3O3/c1-5-19(18-12-8-7-9-13-18)25(30)28(16-17-31-4)22(6-2)23-26-21-15-11-10-14-20(21)24(29)27(23)3/h7-15,19,22H,5-6,16-17H2,1-4H3. The van der Waals surface area contributed by atoms with E-state index >= 15 is 0 Å². The number of methoxy groups -OCH3 is 1. The average molecular weight is 422 g/mol. The van der Waals surface area contributed by atoms with Crippen LogP contribution in [0.2, 0.25) is 0 Å². The van der Waals surface area contributed by atoms with Crippen LogP contribution in [0, 0.1) is 0 Å². The van der Waals surface area contributed by atoms with Gasteiger partial charge in [-0.15, -0.1) is 0 Å². The maximum absolute atomic E-state index is 13.8. The molecule has 0 saturated heterocycles. The zero-order chi connectivity index (χ0) is 22.4. The van der Waals surface area contributed by atoms with Gasteiger partial charge in [0.25, 0.3) is 5.56 Å². The molecule has 0 aliphatic carbocycles. The van der Waals surface area contributed by atoms with E-state index in [4.69, 9.17) is 9.72 Å². The molecule has 0 fully saturated rings. The molecule has 1 heterocycles. The summed E-state index contributed by atoms with van der Waals surface area (Å²) in [6.45, 7) is 4.88. The summed E-state index contributed by atoms with van der Waals surface area (Å²) in [5.74, 6) is 0.364. The first-order chi connectivity index (χ1) is 15.0. The Hall–Kier alpha value is -2.99. The highest BCUT2D eigenvalue weighted by atomic mass is 16.5. The average Bonchev–Trinajstić information content (AvgIpc) is 2.80. The van der Waals surface area contributed by atoms with E-state index in [9.17, 15) is 9.59 Å². The normalized spacial score (nSPS) is 13.2. The number of aromatic nitrogens is 2. The van der Waals surface area contributed by atoms with Crippen LogP contribution < -0.4 is 5.56 Å². The number of para-hydroxylation sites is 1. The van der Waals surface area contributed by atoms with Gasteiger partial charge in [-0.2, -0.15) is 0 Å². The molecule has 2 unspecified atom stereocenters. The van der Waals surface area contributed by atoms with E-state index in [1.807, 2.05) is 67.3 Å². The number of hydrogen-bond acceptors (Lipinski definition) is 4. The Labute approximate surface area is 183 Å². The molecule has 0 radical (unpaired) electrons. The van der Waals surface area contributed by atoms with E-state index in [-0.39, 0.29) is 23.4 Å². The van der Waals surface area contributed by atoms with E-state index in [1.165, 1.54) is 0 Å². The molecule has 6 nitrogen and oxygen atoms in total.